The summed E-state index contributed by atoms with van der Waals surface area (Å²) >= 11 is 0. The van der Waals surface area contributed by atoms with Crippen LogP contribution in [0.25, 0.3) is 10.9 Å². The zero-order chi connectivity index (χ0) is 16.4. The molecule has 0 aliphatic carbocycles. The van der Waals surface area contributed by atoms with Crippen LogP contribution in [0, 0.1) is 5.92 Å². The van der Waals surface area contributed by atoms with E-state index in [1.807, 2.05) is 18.3 Å². The lowest BCUT2D eigenvalue weighted by Crippen LogP contribution is -2.40. The molecule has 1 aliphatic heterocycles. The van der Waals surface area contributed by atoms with E-state index in [-0.39, 0.29) is 12.1 Å². The zero-order valence-corrected chi connectivity index (χ0v) is 14.0. The van der Waals surface area contributed by atoms with Crippen LogP contribution >= 0.6 is 0 Å². The first-order chi connectivity index (χ1) is 11.1. The zero-order valence-electron chi connectivity index (χ0n) is 14.0. The van der Waals surface area contributed by atoms with Gasteiger partial charge >= 0.3 is 5.97 Å². The van der Waals surface area contributed by atoms with Crippen LogP contribution in [0.2, 0.25) is 0 Å². The molecular weight excluding hydrogens is 292 g/mol. The first-order valence-corrected chi connectivity index (χ1v) is 8.11. The van der Waals surface area contributed by atoms with Gasteiger partial charge < -0.3 is 14.5 Å². The number of nitrogens with zero attached hydrogens (tertiary/aromatic N) is 1. The van der Waals surface area contributed by atoms with Crippen LogP contribution in [-0.4, -0.2) is 49.2 Å². The first kappa shape index (κ1) is 16.0. The van der Waals surface area contributed by atoms with Crippen LogP contribution < -0.4 is 0 Å². The van der Waals surface area contributed by atoms with Gasteiger partial charge in [0.05, 0.1) is 25.4 Å². The third-order valence-corrected chi connectivity index (χ3v) is 4.26. The van der Waals surface area contributed by atoms with E-state index >= 15 is 0 Å². The van der Waals surface area contributed by atoms with Gasteiger partial charge in [0.2, 0.25) is 0 Å². The topological polar surface area (TPSA) is 54.6 Å². The highest BCUT2D eigenvalue weighted by molar-refractivity contribution is 5.95. The molecule has 0 amide bonds. The number of methoxy groups -OCH3 is 1. The molecule has 2 aromatic rings. The lowest BCUT2D eigenvalue weighted by Gasteiger charge is -2.33. The lowest BCUT2D eigenvalue weighted by atomic mass is 10.0. The smallest absolute Gasteiger partial charge is 0.337 e. The van der Waals surface area contributed by atoms with Gasteiger partial charge in [-0.3, -0.25) is 4.90 Å². The van der Waals surface area contributed by atoms with Gasteiger partial charge in [0, 0.05) is 42.3 Å². The minimum absolute atomic E-state index is 0.0697. The maximum atomic E-state index is 11.6. The molecule has 3 rings (SSSR count). The molecule has 5 nitrogen and oxygen atoms in total. The largest absolute Gasteiger partial charge is 0.465 e. The summed E-state index contributed by atoms with van der Waals surface area (Å²) in [5, 5.41) is 1.11. The second-order valence-corrected chi connectivity index (χ2v) is 6.51. The molecule has 5 heteroatoms. The normalized spacial score (nSPS) is 19.4. The van der Waals surface area contributed by atoms with E-state index in [2.05, 4.69) is 23.7 Å². The maximum absolute atomic E-state index is 11.6. The number of aromatic amines is 1. The Hall–Kier alpha value is -1.85. The second-order valence-electron chi connectivity index (χ2n) is 6.51. The van der Waals surface area contributed by atoms with Gasteiger partial charge in [0.1, 0.15) is 0 Å². The summed E-state index contributed by atoms with van der Waals surface area (Å²) in [5.41, 5.74) is 2.65. The van der Waals surface area contributed by atoms with E-state index in [4.69, 9.17) is 9.47 Å². The molecule has 1 atom stereocenters. The molecule has 1 fully saturated rings. The Morgan fingerprint density at radius 2 is 2.30 bits per heavy atom. The molecule has 0 bridgehead atoms. The van der Waals surface area contributed by atoms with Gasteiger partial charge in [0.15, 0.2) is 0 Å². The summed E-state index contributed by atoms with van der Waals surface area (Å²) in [7, 11) is 1.39. The van der Waals surface area contributed by atoms with E-state index in [1.54, 1.807) is 6.07 Å². The molecular formula is C18H24N2O3. The number of rotatable bonds is 4. The summed E-state index contributed by atoms with van der Waals surface area (Å²) in [6, 6.07) is 5.61. The van der Waals surface area contributed by atoms with Crippen LogP contribution in [0.15, 0.2) is 24.4 Å². The average Bonchev–Trinajstić information content (AvgIpc) is 2.96. The van der Waals surface area contributed by atoms with Crippen molar-refractivity contribution < 1.29 is 14.3 Å². The molecule has 1 unspecified atom stereocenters. The van der Waals surface area contributed by atoms with Gasteiger partial charge in [-0.15, -0.1) is 0 Å². The average molecular weight is 316 g/mol. The molecule has 23 heavy (non-hydrogen) atoms. The highest BCUT2D eigenvalue weighted by Gasteiger charge is 2.24. The Kier molecular flexibility index (Phi) is 4.68. The molecule has 1 aromatic heterocycles. The Balaban J connectivity index is 1.84. The van der Waals surface area contributed by atoms with Crippen molar-refractivity contribution in [1.82, 2.24) is 9.88 Å². The number of morpholine rings is 1. The van der Waals surface area contributed by atoms with Crippen molar-refractivity contribution in [2.24, 2.45) is 5.92 Å². The fraction of sp³-hybridized carbons (Fsp3) is 0.500. The molecule has 0 spiro atoms. The van der Waals surface area contributed by atoms with Crippen molar-refractivity contribution in [3.8, 4) is 0 Å². The Morgan fingerprint density at radius 3 is 3.04 bits per heavy atom. The van der Waals surface area contributed by atoms with Crippen LogP contribution in [0.4, 0.5) is 0 Å². The Labute approximate surface area is 136 Å². The molecule has 0 radical (unpaired) electrons. The van der Waals surface area contributed by atoms with Crippen molar-refractivity contribution in [1.29, 1.82) is 0 Å². The van der Waals surface area contributed by atoms with E-state index in [0.29, 0.717) is 11.5 Å². The molecule has 1 N–H and O–H groups in total. The van der Waals surface area contributed by atoms with Gasteiger partial charge in [-0.1, -0.05) is 19.9 Å². The Bertz CT molecular complexity index is 693. The maximum Gasteiger partial charge on any atom is 0.337 e. The highest BCUT2D eigenvalue weighted by Crippen LogP contribution is 2.30. The second kappa shape index (κ2) is 6.72. The molecule has 1 aromatic carbocycles. The van der Waals surface area contributed by atoms with Crippen molar-refractivity contribution in [3.05, 3.63) is 35.5 Å². The lowest BCUT2D eigenvalue weighted by molar-refractivity contribution is -0.0324. The molecule has 0 saturated carbocycles. The summed E-state index contributed by atoms with van der Waals surface area (Å²) in [4.78, 5) is 17.4. The number of ether oxygens (including phenoxy) is 2. The number of carbonyl (C=O) groups excluding carboxylic acids is 1. The fourth-order valence-corrected chi connectivity index (χ4v) is 3.23. The van der Waals surface area contributed by atoms with E-state index in [9.17, 15) is 4.79 Å². The minimum Gasteiger partial charge on any atom is -0.465 e. The summed E-state index contributed by atoms with van der Waals surface area (Å²) in [6.45, 7) is 8.22. The molecule has 1 aliphatic rings. The number of hydrogen-bond donors (Lipinski definition) is 1. The highest BCUT2D eigenvalue weighted by atomic mass is 16.5. The first-order valence-electron chi connectivity index (χ1n) is 8.11. The van der Waals surface area contributed by atoms with Crippen LogP contribution in [0.5, 0.6) is 0 Å². The number of esters is 1. The predicted octanol–water partition coefficient (Wildman–Crippen LogP) is 2.98. The predicted molar refractivity (Wildman–Crippen MR) is 89.6 cm³/mol. The molecule has 2 heterocycles. The third kappa shape index (κ3) is 3.41. The van der Waals surface area contributed by atoms with Crippen molar-refractivity contribution in [3.63, 3.8) is 0 Å². The van der Waals surface area contributed by atoms with E-state index in [1.165, 1.54) is 7.11 Å². The third-order valence-electron chi connectivity index (χ3n) is 4.26. The fourth-order valence-electron chi connectivity index (χ4n) is 3.23. The number of aromatic nitrogens is 1. The van der Waals surface area contributed by atoms with Crippen molar-refractivity contribution >= 4 is 16.9 Å². The van der Waals surface area contributed by atoms with E-state index < -0.39 is 0 Å². The van der Waals surface area contributed by atoms with Gasteiger partial charge in [-0.2, -0.15) is 0 Å². The number of benzene rings is 1. The number of hydrogen-bond acceptors (Lipinski definition) is 4. The van der Waals surface area contributed by atoms with Crippen LogP contribution in [0.1, 0.15) is 35.9 Å². The number of fused-ring (bicyclic) bond motifs is 1. The Morgan fingerprint density at radius 1 is 1.48 bits per heavy atom. The standard InChI is InChI=1S/C18H24N2O3/c1-12(2)10-20-6-7-23-17(11-20)15-9-19-16-8-13(18(21)22-3)4-5-14(15)16/h4-5,8-9,12,17,19H,6-7,10-11H2,1-3H3. The van der Waals surface area contributed by atoms with Crippen molar-refractivity contribution in [2.45, 2.75) is 20.0 Å². The monoisotopic (exact) mass is 316 g/mol. The number of nitrogens with one attached hydrogen (secondary N) is 1. The van der Waals surface area contributed by atoms with Gasteiger partial charge in [0.25, 0.3) is 0 Å². The van der Waals surface area contributed by atoms with E-state index in [0.717, 1.165) is 42.7 Å². The summed E-state index contributed by atoms with van der Waals surface area (Å²) in [6.07, 6.45) is 2.06. The van der Waals surface area contributed by atoms with Gasteiger partial charge in [-0.05, 0) is 18.1 Å². The van der Waals surface area contributed by atoms with Crippen molar-refractivity contribution in [2.75, 3.05) is 33.4 Å². The number of carbonyl (C=O) groups is 1. The summed E-state index contributed by atoms with van der Waals surface area (Å²) in [5.74, 6) is 0.333. The minimum atomic E-state index is -0.319. The van der Waals surface area contributed by atoms with Crippen LogP contribution in [0.3, 0.4) is 0 Å². The van der Waals surface area contributed by atoms with Gasteiger partial charge in [-0.25, -0.2) is 4.79 Å². The molecule has 1 saturated heterocycles. The SMILES string of the molecule is COC(=O)c1ccc2c(C3CN(CC(C)C)CCO3)c[nH]c2c1. The molecule has 124 valence electrons. The number of H-pyrrole nitrogens is 1. The summed E-state index contributed by atoms with van der Waals surface area (Å²) < 4.78 is 10.8. The van der Waals surface area contributed by atoms with Crippen LogP contribution in [-0.2, 0) is 9.47 Å². The quantitative estimate of drug-likeness (QED) is 0.881.